The fraction of sp³-hybridized carbons (Fsp3) is 0.143. The first kappa shape index (κ1) is 21.7. The molecule has 1 aliphatic rings. The molecule has 2 heterocycles. The van der Waals surface area contributed by atoms with E-state index in [4.69, 9.17) is 0 Å². The molecule has 4 rings (SSSR count). The molecular weight excluding hydrogens is 418 g/mol. The predicted molar refractivity (Wildman–Crippen MR) is 123 cm³/mol. The molecule has 3 N–H and O–H groups in total. The molecule has 7 nitrogen and oxygen atoms in total. The maximum atomic E-state index is 11.3. The Kier molecular flexibility index (Phi) is 7.69. The first-order valence-electron chi connectivity index (χ1n) is 9.12. The molecule has 1 aromatic heterocycles. The Bertz CT molecular complexity index is 1000. The van der Waals surface area contributed by atoms with Crippen molar-refractivity contribution in [1.29, 1.82) is 0 Å². The number of thioether (sulfide) groups is 1. The highest BCUT2D eigenvalue weighted by atomic mass is 32.2. The Morgan fingerprint density at radius 2 is 1.97 bits per heavy atom. The van der Waals surface area contributed by atoms with Gasteiger partial charge < -0.3 is 15.4 Å². The Morgan fingerprint density at radius 1 is 1.17 bits per heavy atom. The molecule has 30 heavy (non-hydrogen) atoms. The van der Waals surface area contributed by atoms with Crippen molar-refractivity contribution in [2.75, 3.05) is 22.4 Å². The molecule has 1 amide bonds. The third-order valence-electron chi connectivity index (χ3n) is 4.07. The van der Waals surface area contributed by atoms with Crippen molar-refractivity contribution in [3.63, 3.8) is 0 Å². The average molecular weight is 440 g/mol. The van der Waals surface area contributed by atoms with Crippen molar-refractivity contribution in [3.8, 4) is 0 Å². The number of aromatic nitrogens is 2. The number of hydrogen-bond donors (Lipinski definition) is 3. The fourth-order valence-electron chi connectivity index (χ4n) is 2.45. The molecule has 0 bridgehead atoms. The number of amides is 1. The smallest absolute Gasteiger partial charge is 0.237 e. The summed E-state index contributed by atoms with van der Waals surface area (Å²) in [5.74, 6) is 0.795. The van der Waals surface area contributed by atoms with Crippen LogP contribution in [0.1, 0.15) is 17.3 Å². The van der Waals surface area contributed by atoms with Crippen molar-refractivity contribution in [2.45, 2.75) is 22.0 Å². The van der Waals surface area contributed by atoms with E-state index in [9.17, 15) is 9.59 Å². The minimum Gasteiger partial charge on any atom is -0.388 e. The van der Waals surface area contributed by atoms with Crippen molar-refractivity contribution in [2.24, 2.45) is 0 Å². The molecule has 0 spiro atoms. The van der Waals surface area contributed by atoms with Crippen LogP contribution in [-0.2, 0) is 4.79 Å². The van der Waals surface area contributed by atoms with Crippen LogP contribution >= 0.6 is 23.7 Å². The molecule has 9 heteroatoms. The standard InChI is InChI=1S/C11H12N4S.C10H9NO2S/c1-12-9-2-4-10(5-3-9)16-15-11-6-7-13-8-14-11;1-6-10(13)11-8-4-7(5-12)2-3-9(8)14-6/h2-8,12H,1H3,(H,13,14,15);2-6H,1H3,(H,11,13). The van der Waals surface area contributed by atoms with Gasteiger partial charge in [0.15, 0.2) is 0 Å². The van der Waals surface area contributed by atoms with Crippen LogP contribution in [0.5, 0.6) is 0 Å². The van der Waals surface area contributed by atoms with Crippen LogP contribution in [0.15, 0.2) is 70.8 Å². The van der Waals surface area contributed by atoms with Crippen LogP contribution in [0.4, 0.5) is 17.2 Å². The molecule has 3 aromatic rings. The Balaban J connectivity index is 0.000000172. The third-order valence-corrected chi connectivity index (χ3v) is 6.07. The number of benzene rings is 2. The number of aldehydes is 1. The summed E-state index contributed by atoms with van der Waals surface area (Å²) in [6.07, 6.45) is 4.00. The van der Waals surface area contributed by atoms with Gasteiger partial charge >= 0.3 is 0 Å². The first-order chi connectivity index (χ1) is 14.6. The average Bonchev–Trinajstić information content (AvgIpc) is 2.79. The first-order valence-corrected chi connectivity index (χ1v) is 10.8. The lowest BCUT2D eigenvalue weighted by molar-refractivity contribution is -0.115. The van der Waals surface area contributed by atoms with Gasteiger partial charge in [-0.15, -0.1) is 11.8 Å². The molecular formula is C21H21N5O2S2. The number of nitrogens with zero attached hydrogens (tertiary/aromatic N) is 2. The van der Waals surface area contributed by atoms with E-state index in [1.807, 2.05) is 50.4 Å². The molecule has 1 aliphatic heterocycles. The van der Waals surface area contributed by atoms with Crippen LogP contribution < -0.4 is 15.4 Å². The summed E-state index contributed by atoms with van der Waals surface area (Å²) in [5.41, 5.74) is 2.42. The molecule has 1 atom stereocenters. The number of carbonyl (C=O) groups excluding carboxylic acids is 2. The van der Waals surface area contributed by atoms with Crippen LogP contribution in [-0.4, -0.2) is 34.5 Å². The topological polar surface area (TPSA) is 96.0 Å². The lowest BCUT2D eigenvalue weighted by Gasteiger charge is -2.21. The normalized spacial score (nSPS) is 14.5. The molecule has 1 unspecified atom stereocenters. The third kappa shape index (κ3) is 5.98. The van der Waals surface area contributed by atoms with Gasteiger partial charge in [0.1, 0.15) is 18.4 Å². The SMILES string of the molecule is CC1Sc2ccc(C=O)cc2NC1=O.CNc1ccc(SNc2ccncn2)cc1. The van der Waals surface area contributed by atoms with Crippen molar-refractivity contribution < 1.29 is 9.59 Å². The molecule has 0 saturated carbocycles. The van der Waals surface area contributed by atoms with E-state index in [1.54, 1.807) is 18.3 Å². The van der Waals surface area contributed by atoms with Gasteiger partial charge in [-0.25, -0.2) is 9.97 Å². The molecule has 154 valence electrons. The largest absolute Gasteiger partial charge is 0.388 e. The molecule has 0 saturated heterocycles. The second-order valence-electron chi connectivity index (χ2n) is 6.20. The van der Waals surface area contributed by atoms with Gasteiger partial charge in [0.2, 0.25) is 5.91 Å². The zero-order chi connectivity index (χ0) is 21.3. The summed E-state index contributed by atoms with van der Waals surface area (Å²) in [6, 6.07) is 15.3. The van der Waals surface area contributed by atoms with Gasteiger partial charge in [-0.1, -0.05) is 6.07 Å². The molecule has 0 fully saturated rings. The Labute approximate surface area is 183 Å². The van der Waals surface area contributed by atoms with Crippen molar-refractivity contribution in [3.05, 3.63) is 66.6 Å². The lowest BCUT2D eigenvalue weighted by Crippen LogP contribution is -2.26. The molecule has 0 aliphatic carbocycles. The highest BCUT2D eigenvalue weighted by molar-refractivity contribution is 8.01. The number of carbonyl (C=O) groups is 2. The monoisotopic (exact) mass is 439 g/mol. The molecule has 2 aromatic carbocycles. The van der Waals surface area contributed by atoms with E-state index in [0.717, 1.165) is 33.3 Å². The van der Waals surface area contributed by atoms with Gasteiger partial charge in [-0.05, 0) is 61.3 Å². The second kappa shape index (κ2) is 10.7. The number of fused-ring (bicyclic) bond motifs is 1. The van der Waals surface area contributed by atoms with E-state index in [0.29, 0.717) is 5.56 Å². The van der Waals surface area contributed by atoms with Gasteiger partial charge in [0.25, 0.3) is 0 Å². The van der Waals surface area contributed by atoms with Crippen LogP contribution in [0.25, 0.3) is 0 Å². The van der Waals surface area contributed by atoms with E-state index in [-0.39, 0.29) is 11.2 Å². The fourth-order valence-corrected chi connectivity index (χ4v) is 4.00. The number of hydrogen-bond acceptors (Lipinski definition) is 8. The van der Waals surface area contributed by atoms with Gasteiger partial charge in [-0.3, -0.25) is 9.59 Å². The zero-order valence-corrected chi connectivity index (χ0v) is 18.1. The van der Waals surface area contributed by atoms with E-state index >= 15 is 0 Å². The number of rotatable bonds is 5. The summed E-state index contributed by atoms with van der Waals surface area (Å²) in [7, 11) is 1.90. The van der Waals surface area contributed by atoms with Crippen molar-refractivity contribution in [1.82, 2.24) is 9.97 Å². The number of anilines is 3. The maximum Gasteiger partial charge on any atom is 0.237 e. The summed E-state index contributed by atoms with van der Waals surface area (Å²) in [5, 5.41) is 5.78. The second-order valence-corrected chi connectivity index (χ2v) is 8.46. The Hall–Kier alpha value is -3.04. The van der Waals surface area contributed by atoms with Crippen LogP contribution in [0, 0.1) is 0 Å². The van der Waals surface area contributed by atoms with Gasteiger partial charge in [-0.2, -0.15) is 0 Å². The minimum atomic E-state index is -0.0652. The summed E-state index contributed by atoms with van der Waals surface area (Å²) < 4.78 is 3.14. The quantitative estimate of drug-likeness (QED) is 0.393. The van der Waals surface area contributed by atoms with E-state index in [2.05, 4.69) is 25.3 Å². The molecule has 0 radical (unpaired) electrons. The van der Waals surface area contributed by atoms with Gasteiger partial charge in [0, 0.05) is 34.3 Å². The van der Waals surface area contributed by atoms with Gasteiger partial charge in [0.05, 0.1) is 10.9 Å². The summed E-state index contributed by atoms with van der Waals surface area (Å²) in [4.78, 5) is 31.9. The van der Waals surface area contributed by atoms with Crippen LogP contribution in [0.2, 0.25) is 0 Å². The highest BCUT2D eigenvalue weighted by Gasteiger charge is 2.22. The van der Waals surface area contributed by atoms with Crippen LogP contribution in [0.3, 0.4) is 0 Å². The summed E-state index contributed by atoms with van der Waals surface area (Å²) >= 11 is 3.04. The zero-order valence-electron chi connectivity index (χ0n) is 16.5. The minimum absolute atomic E-state index is 0.00875. The summed E-state index contributed by atoms with van der Waals surface area (Å²) in [6.45, 7) is 1.86. The number of nitrogens with one attached hydrogen (secondary N) is 3. The van der Waals surface area contributed by atoms with E-state index in [1.165, 1.54) is 30.0 Å². The Morgan fingerprint density at radius 3 is 2.63 bits per heavy atom. The maximum absolute atomic E-state index is 11.3. The van der Waals surface area contributed by atoms with Crippen molar-refractivity contribution >= 4 is 53.1 Å². The van der Waals surface area contributed by atoms with E-state index < -0.39 is 0 Å². The lowest BCUT2D eigenvalue weighted by atomic mass is 10.2. The highest BCUT2D eigenvalue weighted by Crippen LogP contribution is 2.35. The predicted octanol–water partition coefficient (Wildman–Crippen LogP) is 4.57.